The first-order valence-electron chi connectivity index (χ1n) is 5.98. The molecule has 0 saturated heterocycles. The summed E-state index contributed by atoms with van der Waals surface area (Å²) in [5, 5.41) is 9.61. The van der Waals surface area contributed by atoms with E-state index in [0.717, 1.165) is 18.5 Å². The largest absolute Gasteiger partial charge is 0.493 e. The van der Waals surface area contributed by atoms with Crippen molar-refractivity contribution in [1.29, 1.82) is 0 Å². The van der Waals surface area contributed by atoms with Gasteiger partial charge in [0.2, 0.25) is 5.88 Å². The minimum absolute atomic E-state index is 0.0148. The summed E-state index contributed by atoms with van der Waals surface area (Å²) in [6, 6.07) is 1.62. The molecule has 1 N–H and O–H groups in total. The molecule has 0 spiro atoms. The Kier molecular flexibility index (Phi) is 6.23. The summed E-state index contributed by atoms with van der Waals surface area (Å²) >= 11 is 4.03. The fraction of sp³-hybridized carbons (Fsp3) is 0.667. The van der Waals surface area contributed by atoms with Gasteiger partial charge >= 0.3 is 0 Å². The van der Waals surface area contributed by atoms with E-state index in [0.29, 0.717) is 5.16 Å². The van der Waals surface area contributed by atoms with Gasteiger partial charge in [-0.05, 0) is 12.8 Å². The minimum Gasteiger partial charge on any atom is -0.493 e. The Labute approximate surface area is 103 Å². The molecule has 0 radical (unpaired) electrons. The van der Waals surface area contributed by atoms with E-state index < -0.39 is 0 Å². The van der Waals surface area contributed by atoms with Crippen molar-refractivity contribution in [2.24, 2.45) is 0 Å². The van der Waals surface area contributed by atoms with Gasteiger partial charge in [-0.25, -0.2) is 4.98 Å². The van der Waals surface area contributed by atoms with Gasteiger partial charge in [-0.2, -0.15) is 4.98 Å². The van der Waals surface area contributed by atoms with E-state index in [4.69, 9.17) is 0 Å². The smallest absolute Gasteiger partial charge is 0.215 e. The summed E-state index contributed by atoms with van der Waals surface area (Å²) in [7, 11) is 0. The molecule has 0 fully saturated rings. The van der Waals surface area contributed by atoms with Crippen molar-refractivity contribution in [3.05, 3.63) is 11.8 Å². The summed E-state index contributed by atoms with van der Waals surface area (Å²) in [5.74, 6) is 0.0148. The van der Waals surface area contributed by atoms with Gasteiger partial charge in [-0.15, -0.1) is 12.6 Å². The molecule has 0 aliphatic carbocycles. The van der Waals surface area contributed by atoms with Crippen LogP contribution in [0.15, 0.2) is 11.2 Å². The van der Waals surface area contributed by atoms with Crippen molar-refractivity contribution in [2.45, 2.75) is 57.0 Å². The van der Waals surface area contributed by atoms with Crippen LogP contribution in [0.3, 0.4) is 0 Å². The van der Waals surface area contributed by atoms with E-state index in [2.05, 4.69) is 29.5 Å². The van der Waals surface area contributed by atoms with Gasteiger partial charge in [0.1, 0.15) is 0 Å². The molecule has 0 saturated carbocycles. The van der Waals surface area contributed by atoms with Gasteiger partial charge < -0.3 is 5.11 Å². The molecular weight excluding hydrogens is 220 g/mol. The van der Waals surface area contributed by atoms with Crippen LogP contribution in [0.5, 0.6) is 5.88 Å². The number of hydrogen-bond donors (Lipinski definition) is 2. The number of nitrogens with zero attached hydrogens (tertiary/aromatic N) is 2. The number of thiol groups is 1. The average Bonchev–Trinajstić information content (AvgIpc) is 2.22. The van der Waals surface area contributed by atoms with E-state index in [1.165, 1.54) is 32.1 Å². The van der Waals surface area contributed by atoms with E-state index in [1.54, 1.807) is 6.07 Å². The number of aromatic nitrogens is 2. The normalized spacial score (nSPS) is 10.6. The molecular formula is C12H20N2OS. The Bertz CT molecular complexity index is 298. The van der Waals surface area contributed by atoms with Crippen LogP contribution in [0.4, 0.5) is 0 Å². The monoisotopic (exact) mass is 240 g/mol. The highest BCUT2D eigenvalue weighted by Gasteiger charge is 2.00. The molecule has 0 atom stereocenters. The van der Waals surface area contributed by atoms with Crippen molar-refractivity contribution >= 4 is 12.6 Å². The number of unbranched alkanes of at least 4 members (excludes halogenated alkanes) is 5. The maximum Gasteiger partial charge on any atom is 0.215 e. The van der Waals surface area contributed by atoms with Crippen LogP contribution >= 0.6 is 12.6 Å². The fourth-order valence-electron chi connectivity index (χ4n) is 1.68. The van der Waals surface area contributed by atoms with Gasteiger partial charge in [-0.1, -0.05) is 39.0 Å². The average molecular weight is 240 g/mol. The molecule has 0 unspecified atom stereocenters. The number of rotatable bonds is 7. The zero-order valence-electron chi connectivity index (χ0n) is 9.82. The first-order chi connectivity index (χ1) is 7.72. The standard InChI is InChI=1S/C12H20N2OS/c1-2-3-4-5-6-7-8-10-9-11(15)14-12(16)13-10/h9H,2-8H2,1H3,(H2,13,14,15,16). The predicted molar refractivity (Wildman–Crippen MR) is 68.0 cm³/mol. The minimum atomic E-state index is 0.0148. The highest BCUT2D eigenvalue weighted by Crippen LogP contribution is 2.13. The lowest BCUT2D eigenvalue weighted by molar-refractivity contribution is 0.443. The van der Waals surface area contributed by atoms with Crippen LogP contribution in [0.25, 0.3) is 0 Å². The predicted octanol–water partition coefficient (Wildman–Crippen LogP) is 3.37. The second-order valence-corrected chi connectivity index (χ2v) is 4.44. The molecule has 1 heterocycles. The summed E-state index contributed by atoms with van der Waals surface area (Å²) in [5.41, 5.74) is 0.882. The highest BCUT2D eigenvalue weighted by atomic mass is 32.1. The molecule has 0 aliphatic heterocycles. The van der Waals surface area contributed by atoms with Crippen molar-refractivity contribution in [3.63, 3.8) is 0 Å². The van der Waals surface area contributed by atoms with Crippen molar-refractivity contribution < 1.29 is 5.11 Å². The quantitative estimate of drug-likeness (QED) is 0.436. The second-order valence-electron chi connectivity index (χ2n) is 4.04. The molecule has 1 rings (SSSR count). The van der Waals surface area contributed by atoms with Gasteiger partial charge in [0.05, 0.1) is 0 Å². The molecule has 0 aliphatic rings. The number of aromatic hydroxyl groups is 1. The third-order valence-electron chi connectivity index (χ3n) is 2.54. The molecule has 1 aromatic heterocycles. The summed E-state index contributed by atoms with van der Waals surface area (Å²) in [4.78, 5) is 7.87. The number of aryl methyl sites for hydroxylation is 1. The van der Waals surface area contributed by atoms with E-state index in [-0.39, 0.29) is 5.88 Å². The van der Waals surface area contributed by atoms with Crippen LogP contribution in [0.1, 0.15) is 51.1 Å². The van der Waals surface area contributed by atoms with Gasteiger partial charge in [0.15, 0.2) is 5.16 Å². The Morgan fingerprint density at radius 2 is 1.81 bits per heavy atom. The maximum atomic E-state index is 9.27. The topological polar surface area (TPSA) is 46.0 Å². The SMILES string of the molecule is CCCCCCCCc1cc(O)nc(S)n1. The van der Waals surface area contributed by atoms with Crippen LogP contribution in [0.2, 0.25) is 0 Å². The van der Waals surface area contributed by atoms with E-state index in [1.807, 2.05) is 0 Å². The summed E-state index contributed by atoms with van der Waals surface area (Å²) in [6.45, 7) is 2.22. The zero-order valence-corrected chi connectivity index (χ0v) is 10.7. The maximum absolute atomic E-state index is 9.27. The van der Waals surface area contributed by atoms with Crippen LogP contribution in [-0.4, -0.2) is 15.1 Å². The Morgan fingerprint density at radius 1 is 1.12 bits per heavy atom. The van der Waals surface area contributed by atoms with Crippen molar-refractivity contribution in [1.82, 2.24) is 9.97 Å². The fourth-order valence-corrected chi connectivity index (χ4v) is 1.91. The van der Waals surface area contributed by atoms with Crippen LogP contribution < -0.4 is 0 Å². The van der Waals surface area contributed by atoms with Gasteiger partial charge in [-0.3, -0.25) is 0 Å². The van der Waals surface area contributed by atoms with Crippen LogP contribution in [0, 0.1) is 0 Å². The van der Waals surface area contributed by atoms with Gasteiger partial charge in [0.25, 0.3) is 0 Å². The molecule has 3 nitrogen and oxygen atoms in total. The van der Waals surface area contributed by atoms with E-state index in [9.17, 15) is 5.11 Å². The lowest BCUT2D eigenvalue weighted by Gasteiger charge is -2.02. The zero-order chi connectivity index (χ0) is 11.8. The lowest BCUT2D eigenvalue weighted by Crippen LogP contribution is -1.93. The van der Waals surface area contributed by atoms with Gasteiger partial charge in [0, 0.05) is 11.8 Å². The molecule has 90 valence electrons. The second kappa shape index (κ2) is 7.49. The molecule has 0 aromatic carbocycles. The Balaban J connectivity index is 2.21. The third kappa shape index (κ3) is 5.35. The molecule has 16 heavy (non-hydrogen) atoms. The summed E-state index contributed by atoms with van der Waals surface area (Å²) in [6.07, 6.45) is 8.47. The van der Waals surface area contributed by atoms with Crippen molar-refractivity contribution in [2.75, 3.05) is 0 Å². The summed E-state index contributed by atoms with van der Waals surface area (Å²) < 4.78 is 0. The molecule has 0 bridgehead atoms. The lowest BCUT2D eigenvalue weighted by atomic mass is 10.1. The molecule has 4 heteroatoms. The van der Waals surface area contributed by atoms with Crippen molar-refractivity contribution in [3.8, 4) is 5.88 Å². The first kappa shape index (κ1) is 13.3. The first-order valence-corrected chi connectivity index (χ1v) is 6.43. The van der Waals surface area contributed by atoms with Crippen LogP contribution in [-0.2, 0) is 6.42 Å². The molecule has 1 aromatic rings. The third-order valence-corrected chi connectivity index (χ3v) is 2.74. The molecule has 0 amide bonds. The van der Waals surface area contributed by atoms with E-state index >= 15 is 0 Å². The number of hydrogen-bond acceptors (Lipinski definition) is 4. The Morgan fingerprint density at radius 3 is 2.50 bits per heavy atom. The Hall–Kier alpha value is -0.770. The highest BCUT2D eigenvalue weighted by molar-refractivity contribution is 7.80.